The molecule has 1 saturated carbocycles. The molecule has 0 aromatic heterocycles. The van der Waals surface area contributed by atoms with Crippen LogP contribution in [0.4, 0.5) is 0 Å². The van der Waals surface area contributed by atoms with E-state index in [1.165, 1.54) is 11.6 Å². The van der Waals surface area contributed by atoms with E-state index in [4.69, 9.17) is 5.11 Å². The third-order valence-corrected chi connectivity index (χ3v) is 5.43. The quantitative estimate of drug-likeness (QED) is 0.940. The lowest BCUT2D eigenvalue weighted by Gasteiger charge is -2.05. The van der Waals surface area contributed by atoms with Crippen molar-refractivity contribution in [3.8, 4) is 0 Å². The summed E-state index contributed by atoms with van der Waals surface area (Å²) >= 11 is 0. The second-order valence-corrected chi connectivity index (χ2v) is 6.53. The van der Waals surface area contributed by atoms with Gasteiger partial charge in [0.15, 0.2) is 0 Å². The van der Waals surface area contributed by atoms with Crippen LogP contribution in [0.15, 0.2) is 59.5 Å². The van der Waals surface area contributed by atoms with Gasteiger partial charge in [0.2, 0.25) is 0 Å². The molecular formula is C16H14O3S. The van der Waals surface area contributed by atoms with E-state index in [0.717, 1.165) is 6.42 Å². The van der Waals surface area contributed by atoms with Gasteiger partial charge in [0.1, 0.15) is 0 Å². The Morgan fingerprint density at radius 2 is 1.70 bits per heavy atom. The maximum absolute atomic E-state index is 12.6. The van der Waals surface area contributed by atoms with Crippen LogP contribution in [0.2, 0.25) is 0 Å². The molecule has 3 unspecified atom stereocenters. The van der Waals surface area contributed by atoms with Crippen LogP contribution in [0, 0.1) is 0 Å². The number of hydrogen-bond donors (Lipinski definition) is 1. The molecule has 20 heavy (non-hydrogen) atoms. The molecule has 1 fully saturated rings. The van der Waals surface area contributed by atoms with Gasteiger partial charge >= 0.3 is 5.97 Å². The molecule has 3 atom stereocenters. The maximum Gasteiger partial charge on any atom is 0.336 e. The molecule has 4 heteroatoms. The van der Waals surface area contributed by atoms with Crippen LogP contribution in [-0.2, 0) is 10.8 Å². The first-order valence-corrected chi connectivity index (χ1v) is 7.67. The number of carboxylic acid groups (broad SMARTS) is 1. The lowest BCUT2D eigenvalue weighted by atomic mass is 10.1. The Balaban J connectivity index is 1.84. The SMILES string of the molecule is O=C(O)c1ccccc1S(=O)C1CC1c1ccccc1. The summed E-state index contributed by atoms with van der Waals surface area (Å²) in [6.45, 7) is 0. The first-order chi connectivity index (χ1) is 9.68. The molecule has 0 heterocycles. The standard InChI is InChI=1S/C16H14O3S/c17-16(18)12-8-4-5-9-14(12)20(19)15-10-13(15)11-6-2-1-3-7-11/h1-9,13,15H,10H2,(H,17,18). The summed E-state index contributed by atoms with van der Waals surface area (Å²) in [5.41, 5.74) is 1.32. The van der Waals surface area contributed by atoms with Crippen LogP contribution >= 0.6 is 0 Å². The maximum atomic E-state index is 12.6. The van der Waals surface area contributed by atoms with Crippen molar-refractivity contribution < 1.29 is 14.1 Å². The third kappa shape index (κ3) is 2.39. The van der Waals surface area contributed by atoms with Gasteiger partial charge in [0.05, 0.1) is 21.3 Å². The molecule has 0 radical (unpaired) electrons. The van der Waals surface area contributed by atoms with Gasteiger partial charge in [-0.3, -0.25) is 4.21 Å². The van der Waals surface area contributed by atoms with E-state index < -0.39 is 16.8 Å². The van der Waals surface area contributed by atoms with Crippen LogP contribution in [0.25, 0.3) is 0 Å². The summed E-state index contributed by atoms with van der Waals surface area (Å²) < 4.78 is 12.6. The van der Waals surface area contributed by atoms with E-state index in [1.807, 2.05) is 30.3 Å². The average molecular weight is 286 g/mol. The molecule has 2 aromatic carbocycles. The fraction of sp³-hybridized carbons (Fsp3) is 0.188. The van der Waals surface area contributed by atoms with Crippen molar-refractivity contribution in [3.05, 3.63) is 65.7 Å². The fourth-order valence-corrected chi connectivity index (χ4v) is 4.19. The Morgan fingerprint density at radius 3 is 2.40 bits per heavy atom. The minimum atomic E-state index is -1.27. The van der Waals surface area contributed by atoms with Crippen molar-refractivity contribution in [2.45, 2.75) is 22.5 Å². The average Bonchev–Trinajstić information content (AvgIpc) is 3.28. The molecular weight excluding hydrogens is 272 g/mol. The first kappa shape index (κ1) is 13.1. The van der Waals surface area contributed by atoms with Gasteiger partial charge in [-0.2, -0.15) is 0 Å². The zero-order chi connectivity index (χ0) is 14.1. The van der Waals surface area contributed by atoms with Crippen molar-refractivity contribution in [3.63, 3.8) is 0 Å². The summed E-state index contributed by atoms with van der Waals surface area (Å²) in [5, 5.41) is 9.19. The van der Waals surface area contributed by atoms with Crippen molar-refractivity contribution >= 4 is 16.8 Å². The molecule has 0 aliphatic heterocycles. The molecule has 1 aliphatic rings. The lowest BCUT2D eigenvalue weighted by Crippen LogP contribution is -2.08. The van der Waals surface area contributed by atoms with E-state index in [9.17, 15) is 9.00 Å². The normalized spacial score (nSPS) is 22.2. The number of aromatic carboxylic acids is 1. The van der Waals surface area contributed by atoms with Gasteiger partial charge in [-0.05, 0) is 30.0 Å². The van der Waals surface area contributed by atoms with E-state index in [1.54, 1.807) is 18.2 Å². The minimum Gasteiger partial charge on any atom is -0.478 e. The minimum absolute atomic E-state index is 0.0258. The third-order valence-electron chi connectivity index (χ3n) is 3.57. The van der Waals surface area contributed by atoms with Crippen LogP contribution in [0.5, 0.6) is 0 Å². The topological polar surface area (TPSA) is 54.4 Å². The Hall–Kier alpha value is -1.94. The zero-order valence-electron chi connectivity index (χ0n) is 10.7. The Bertz CT molecular complexity index is 666. The number of rotatable bonds is 4. The van der Waals surface area contributed by atoms with Crippen LogP contribution in [0.3, 0.4) is 0 Å². The summed E-state index contributed by atoms with van der Waals surface area (Å²) in [6, 6.07) is 16.5. The monoisotopic (exact) mass is 286 g/mol. The highest BCUT2D eigenvalue weighted by atomic mass is 32.2. The number of carboxylic acids is 1. The molecule has 1 aliphatic carbocycles. The Morgan fingerprint density at radius 1 is 1.05 bits per heavy atom. The fourth-order valence-electron chi connectivity index (χ4n) is 2.44. The summed E-state index contributed by atoms with van der Waals surface area (Å²) in [4.78, 5) is 11.6. The van der Waals surface area contributed by atoms with Gasteiger partial charge in [-0.1, -0.05) is 42.5 Å². The van der Waals surface area contributed by atoms with E-state index in [0.29, 0.717) is 4.90 Å². The van der Waals surface area contributed by atoms with Crippen molar-refractivity contribution in [2.24, 2.45) is 0 Å². The molecule has 102 valence electrons. The summed E-state index contributed by atoms with van der Waals surface area (Å²) in [6.07, 6.45) is 0.852. The molecule has 0 saturated heterocycles. The zero-order valence-corrected chi connectivity index (χ0v) is 11.5. The predicted molar refractivity (Wildman–Crippen MR) is 77.4 cm³/mol. The summed E-state index contributed by atoms with van der Waals surface area (Å²) in [5.74, 6) is -0.746. The van der Waals surface area contributed by atoms with Gasteiger partial charge in [-0.25, -0.2) is 4.79 Å². The number of hydrogen-bond acceptors (Lipinski definition) is 2. The van der Waals surface area contributed by atoms with Gasteiger partial charge in [0, 0.05) is 5.25 Å². The second kappa shape index (κ2) is 5.21. The van der Waals surface area contributed by atoms with Crippen LogP contribution in [-0.4, -0.2) is 20.5 Å². The van der Waals surface area contributed by atoms with Gasteiger partial charge < -0.3 is 5.11 Å². The van der Waals surface area contributed by atoms with Gasteiger partial charge in [0.25, 0.3) is 0 Å². The summed E-state index contributed by atoms with van der Waals surface area (Å²) in [7, 11) is -1.27. The van der Waals surface area contributed by atoms with Crippen molar-refractivity contribution in [1.82, 2.24) is 0 Å². The molecule has 2 aromatic rings. The number of carbonyl (C=O) groups is 1. The number of benzene rings is 2. The molecule has 0 amide bonds. The highest BCUT2D eigenvalue weighted by molar-refractivity contribution is 7.86. The van der Waals surface area contributed by atoms with Crippen molar-refractivity contribution in [1.29, 1.82) is 0 Å². The largest absolute Gasteiger partial charge is 0.478 e. The molecule has 1 N–H and O–H groups in total. The first-order valence-electron chi connectivity index (χ1n) is 6.46. The predicted octanol–water partition coefficient (Wildman–Crippen LogP) is 3.05. The van der Waals surface area contributed by atoms with E-state index in [2.05, 4.69) is 0 Å². The highest BCUT2D eigenvalue weighted by Crippen LogP contribution is 2.46. The molecule has 3 nitrogen and oxygen atoms in total. The molecule has 0 spiro atoms. The molecule has 3 rings (SSSR count). The van der Waals surface area contributed by atoms with E-state index in [-0.39, 0.29) is 16.7 Å². The van der Waals surface area contributed by atoms with Gasteiger partial charge in [-0.15, -0.1) is 0 Å². The Labute approximate surface area is 119 Å². The highest BCUT2D eigenvalue weighted by Gasteiger charge is 2.44. The second-order valence-electron chi connectivity index (χ2n) is 4.89. The van der Waals surface area contributed by atoms with Crippen molar-refractivity contribution in [2.75, 3.05) is 0 Å². The Kier molecular flexibility index (Phi) is 3.40. The van der Waals surface area contributed by atoms with E-state index >= 15 is 0 Å². The lowest BCUT2D eigenvalue weighted by molar-refractivity contribution is 0.0693. The van der Waals surface area contributed by atoms with Crippen LogP contribution in [0.1, 0.15) is 28.3 Å². The molecule has 0 bridgehead atoms. The van der Waals surface area contributed by atoms with Crippen LogP contribution < -0.4 is 0 Å². The smallest absolute Gasteiger partial charge is 0.336 e.